The third-order valence-corrected chi connectivity index (χ3v) is 6.50. The number of hydrogen-bond acceptors (Lipinski definition) is 5. The Kier molecular flexibility index (Phi) is 5.01. The van der Waals surface area contributed by atoms with Gasteiger partial charge in [-0.3, -0.25) is 9.10 Å². The van der Waals surface area contributed by atoms with Crippen LogP contribution in [0.1, 0.15) is 12.5 Å². The van der Waals surface area contributed by atoms with Gasteiger partial charge >= 0.3 is 0 Å². The van der Waals surface area contributed by atoms with E-state index in [1.54, 1.807) is 35.2 Å². The van der Waals surface area contributed by atoms with Crippen LogP contribution in [0.25, 0.3) is 0 Å². The molecule has 7 nitrogen and oxygen atoms in total. The van der Waals surface area contributed by atoms with Gasteiger partial charge in [-0.25, -0.2) is 8.42 Å². The molecule has 2 aromatic carbocycles. The number of anilines is 2. The second-order valence-electron chi connectivity index (χ2n) is 6.22. The standard InChI is InChI=1S/C19H22N2O5S/c1-13(22)21-10-9-14-11-16(6-7-17(14)21)27(23,24)20(2)15-5-8-18(25-3)19(12-15)26-4/h5-8,11-12H,9-10H2,1-4H3. The van der Waals surface area contributed by atoms with E-state index in [-0.39, 0.29) is 10.8 Å². The number of fused-ring (bicyclic) bond motifs is 1. The van der Waals surface area contributed by atoms with E-state index in [4.69, 9.17) is 9.47 Å². The number of benzene rings is 2. The van der Waals surface area contributed by atoms with Crippen LogP contribution >= 0.6 is 0 Å². The molecular formula is C19H22N2O5S. The van der Waals surface area contributed by atoms with Crippen molar-refractivity contribution in [1.29, 1.82) is 0 Å². The number of hydrogen-bond donors (Lipinski definition) is 0. The van der Waals surface area contributed by atoms with Gasteiger partial charge in [0.25, 0.3) is 10.0 Å². The highest BCUT2D eigenvalue weighted by atomic mass is 32.2. The molecule has 0 bridgehead atoms. The second kappa shape index (κ2) is 7.11. The molecule has 144 valence electrons. The Morgan fingerprint density at radius 3 is 2.41 bits per heavy atom. The molecule has 1 heterocycles. The SMILES string of the molecule is COc1ccc(N(C)S(=O)(=O)c2ccc3c(c2)CCN3C(C)=O)cc1OC. The first-order valence-electron chi connectivity index (χ1n) is 8.41. The number of carbonyl (C=O) groups excluding carboxylic acids is 1. The maximum absolute atomic E-state index is 13.1. The van der Waals surface area contributed by atoms with E-state index in [1.165, 1.54) is 38.6 Å². The summed E-state index contributed by atoms with van der Waals surface area (Å²) >= 11 is 0. The lowest BCUT2D eigenvalue weighted by molar-refractivity contribution is -0.116. The number of ether oxygens (including phenoxy) is 2. The monoisotopic (exact) mass is 390 g/mol. The normalized spacial score (nSPS) is 13.3. The lowest BCUT2D eigenvalue weighted by atomic mass is 10.2. The Morgan fingerprint density at radius 1 is 1.07 bits per heavy atom. The molecule has 3 rings (SSSR count). The predicted molar refractivity (Wildman–Crippen MR) is 103 cm³/mol. The Hall–Kier alpha value is -2.74. The number of rotatable bonds is 5. The lowest BCUT2D eigenvalue weighted by Crippen LogP contribution is -2.27. The van der Waals surface area contributed by atoms with Crippen molar-refractivity contribution in [1.82, 2.24) is 0 Å². The Morgan fingerprint density at radius 2 is 1.78 bits per heavy atom. The highest BCUT2D eigenvalue weighted by Crippen LogP contribution is 2.35. The first-order chi connectivity index (χ1) is 12.8. The molecule has 0 saturated carbocycles. The summed E-state index contributed by atoms with van der Waals surface area (Å²) in [5.41, 5.74) is 2.08. The molecule has 0 aliphatic carbocycles. The Labute approximate surface area is 159 Å². The van der Waals surface area contributed by atoms with Crippen LogP contribution in [0.15, 0.2) is 41.3 Å². The molecule has 0 spiro atoms. The van der Waals surface area contributed by atoms with E-state index in [2.05, 4.69) is 0 Å². The van der Waals surface area contributed by atoms with Gasteiger partial charge in [-0.1, -0.05) is 0 Å². The fraction of sp³-hybridized carbons (Fsp3) is 0.316. The fourth-order valence-electron chi connectivity index (χ4n) is 3.18. The minimum absolute atomic E-state index is 0.0493. The summed E-state index contributed by atoms with van der Waals surface area (Å²) < 4.78 is 37.8. The van der Waals surface area contributed by atoms with E-state index in [0.717, 1.165) is 11.3 Å². The second-order valence-corrected chi connectivity index (χ2v) is 8.19. The van der Waals surface area contributed by atoms with E-state index in [9.17, 15) is 13.2 Å². The van der Waals surface area contributed by atoms with Gasteiger partial charge in [-0.15, -0.1) is 0 Å². The molecule has 0 saturated heterocycles. The van der Waals surface area contributed by atoms with Crippen LogP contribution in [0, 0.1) is 0 Å². The first kappa shape index (κ1) is 19.0. The molecule has 1 amide bonds. The van der Waals surface area contributed by atoms with Crippen molar-refractivity contribution >= 4 is 27.3 Å². The van der Waals surface area contributed by atoms with Crippen molar-refractivity contribution in [3.63, 3.8) is 0 Å². The van der Waals surface area contributed by atoms with Crippen molar-refractivity contribution in [2.75, 3.05) is 37.0 Å². The summed E-state index contributed by atoms with van der Waals surface area (Å²) in [5, 5.41) is 0. The number of carbonyl (C=O) groups is 1. The van der Waals surface area contributed by atoms with Crippen LogP contribution in [0.2, 0.25) is 0 Å². The van der Waals surface area contributed by atoms with Gasteiger partial charge in [-0.05, 0) is 42.3 Å². The lowest BCUT2D eigenvalue weighted by Gasteiger charge is -2.21. The van der Waals surface area contributed by atoms with Crippen LogP contribution in [0.4, 0.5) is 11.4 Å². The minimum atomic E-state index is -3.76. The Bertz CT molecular complexity index is 988. The van der Waals surface area contributed by atoms with Crippen molar-refractivity contribution in [3.05, 3.63) is 42.0 Å². The number of methoxy groups -OCH3 is 2. The summed E-state index contributed by atoms with van der Waals surface area (Å²) in [6, 6.07) is 9.80. The molecule has 0 fully saturated rings. The zero-order valence-corrected chi connectivity index (χ0v) is 16.5. The zero-order valence-electron chi connectivity index (χ0n) is 15.7. The van der Waals surface area contributed by atoms with E-state index >= 15 is 0 Å². The van der Waals surface area contributed by atoms with Gasteiger partial charge in [0.2, 0.25) is 5.91 Å². The van der Waals surface area contributed by atoms with Gasteiger partial charge in [-0.2, -0.15) is 0 Å². The molecule has 1 aliphatic heterocycles. The van der Waals surface area contributed by atoms with E-state index in [0.29, 0.717) is 30.2 Å². The summed E-state index contributed by atoms with van der Waals surface area (Å²) in [4.78, 5) is 13.5. The summed E-state index contributed by atoms with van der Waals surface area (Å²) in [5.74, 6) is 0.920. The maximum Gasteiger partial charge on any atom is 0.264 e. The van der Waals surface area contributed by atoms with Crippen LogP contribution < -0.4 is 18.7 Å². The van der Waals surface area contributed by atoms with E-state index in [1.807, 2.05) is 0 Å². The third-order valence-electron chi connectivity index (χ3n) is 4.72. The van der Waals surface area contributed by atoms with Crippen LogP contribution in [0.5, 0.6) is 11.5 Å². The van der Waals surface area contributed by atoms with Crippen molar-refractivity contribution in [2.24, 2.45) is 0 Å². The minimum Gasteiger partial charge on any atom is -0.493 e. The zero-order chi connectivity index (χ0) is 19.8. The smallest absolute Gasteiger partial charge is 0.264 e. The first-order valence-corrected chi connectivity index (χ1v) is 9.85. The molecule has 8 heteroatoms. The van der Waals surface area contributed by atoms with Crippen LogP contribution in [-0.4, -0.2) is 42.1 Å². The molecule has 1 aliphatic rings. The van der Waals surface area contributed by atoms with Crippen molar-refractivity contribution < 1.29 is 22.7 Å². The molecule has 2 aromatic rings. The highest BCUT2D eigenvalue weighted by molar-refractivity contribution is 7.92. The van der Waals surface area contributed by atoms with Gasteiger partial charge in [0, 0.05) is 32.3 Å². The third kappa shape index (κ3) is 3.32. The Balaban J connectivity index is 1.96. The summed E-state index contributed by atoms with van der Waals surface area (Å²) in [6.45, 7) is 2.07. The molecule has 0 N–H and O–H groups in total. The number of sulfonamides is 1. The van der Waals surface area contributed by atoms with Gasteiger partial charge in [0.15, 0.2) is 11.5 Å². The topological polar surface area (TPSA) is 76.2 Å². The highest BCUT2D eigenvalue weighted by Gasteiger charge is 2.27. The molecule has 0 atom stereocenters. The van der Waals surface area contributed by atoms with Crippen LogP contribution in [0.3, 0.4) is 0 Å². The van der Waals surface area contributed by atoms with Crippen molar-refractivity contribution in [2.45, 2.75) is 18.2 Å². The van der Waals surface area contributed by atoms with Gasteiger partial charge in [0.05, 0.1) is 24.8 Å². The molecule has 0 unspecified atom stereocenters. The molecule has 27 heavy (non-hydrogen) atoms. The van der Waals surface area contributed by atoms with Crippen LogP contribution in [-0.2, 0) is 21.2 Å². The largest absolute Gasteiger partial charge is 0.493 e. The molecule has 0 aromatic heterocycles. The number of amides is 1. The van der Waals surface area contributed by atoms with Crippen molar-refractivity contribution in [3.8, 4) is 11.5 Å². The van der Waals surface area contributed by atoms with Gasteiger partial charge in [0.1, 0.15) is 0 Å². The summed E-state index contributed by atoms with van der Waals surface area (Å²) in [6.07, 6.45) is 0.637. The fourth-order valence-corrected chi connectivity index (χ4v) is 4.42. The average Bonchev–Trinajstić information content (AvgIpc) is 3.10. The van der Waals surface area contributed by atoms with Gasteiger partial charge < -0.3 is 14.4 Å². The maximum atomic E-state index is 13.1. The summed E-state index contributed by atoms with van der Waals surface area (Å²) in [7, 11) is 0.747. The average molecular weight is 390 g/mol. The number of nitrogens with zero attached hydrogens (tertiary/aromatic N) is 2. The molecular weight excluding hydrogens is 368 g/mol. The predicted octanol–water partition coefficient (Wildman–Crippen LogP) is 2.44. The quantitative estimate of drug-likeness (QED) is 0.784. The van der Waals surface area contributed by atoms with E-state index < -0.39 is 10.0 Å². The molecule has 0 radical (unpaired) electrons.